The lowest BCUT2D eigenvalue weighted by atomic mass is 10.1. The Balaban J connectivity index is 2.99. The second-order valence-electron chi connectivity index (χ2n) is 5.02. The molecule has 1 aromatic rings. The molecule has 1 rings (SSSR count). The van der Waals surface area contributed by atoms with Gasteiger partial charge in [-0.2, -0.15) is 0 Å². The summed E-state index contributed by atoms with van der Waals surface area (Å²) >= 11 is 0. The van der Waals surface area contributed by atoms with Gasteiger partial charge < -0.3 is 10.1 Å². The summed E-state index contributed by atoms with van der Waals surface area (Å²) in [5.41, 5.74) is 0.506. The van der Waals surface area contributed by atoms with Crippen LogP contribution in [0.15, 0.2) is 23.4 Å². The van der Waals surface area contributed by atoms with Crippen LogP contribution >= 0.6 is 0 Å². The lowest BCUT2D eigenvalue weighted by Crippen LogP contribution is -2.42. The van der Waals surface area contributed by atoms with Crippen molar-refractivity contribution in [2.24, 2.45) is 5.92 Å². The van der Waals surface area contributed by atoms with Gasteiger partial charge in [0.15, 0.2) is 5.03 Å². The quantitative estimate of drug-likeness (QED) is 0.727. The van der Waals surface area contributed by atoms with Crippen molar-refractivity contribution in [2.45, 2.75) is 38.8 Å². The van der Waals surface area contributed by atoms with Crippen LogP contribution in [0.4, 0.5) is 5.69 Å². The van der Waals surface area contributed by atoms with E-state index in [1.54, 1.807) is 12.1 Å². The minimum atomic E-state index is -3.69. The Morgan fingerprint density at radius 1 is 1.33 bits per heavy atom. The van der Waals surface area contributed by atoms with Crippen LogP contribution in [0, 0.1) is 5.92 Å². The van der Waals surface area contributed by atoms with Crippen molar-refractivity contribution in [3.8, 4) is 0 Å². The SMILES string of the molecule is CCNc1cccnc1S(=O)(=O)NC(COCC)C(C)C. The lowest BCUT2D eigenvalue weighted by Gasteiger charge is -2.22. The largest absolute Gasteiger partial charge is 0.383 e. The molecule has 0 amide bonds. The molecule has 6 nitrogen and oxygen atoms in total. The molecule has 0 bridgehead atoms. The van der Waals surface area contributed by atoms with Crippen LogP contribution < -0.4 is 10.0 Å². The van der Waals surface area contributed by atoms with E-state index < -0.39 is 10.0 Å². The van der Waals surface area contributed by atoms with Crippen molar-refractivity contribution in [3.63, 3.8) is 0 Å². The van der Waals surface area contributed by atoms with Crippen LogP contribution in [0.25, 0.3) is 0 Å². The van der Waals surface area contributed by atoms with Crippen LogP contribution in [-0.4, -0.2) is 39.2 Å². The molecular formula is C14H25N3O3S. The van der Waals surface area contributed by atoms with Crippen LogP contribution in [0.1, 0.15) is 27.7 Å². The molecule has 1 unspecified atom stereocenters. The topological polar surface area (TPSA) is 80.3 Å². The summed E-state index contributed by atoms with van der Waals surface area (Å²) in [4.78, 5) is 4.01. The normalized spacial score (nSPS) is 13.4. The number of nitrogens with one attached hydrogen (secondary N) is 2. The van der Waals surface area contributed by atoms with Crippen molar-refractivity contribution < 1.29 is 13.2 Å². The number of hydrogen-bond donors (Lipinski definition) is 2. The molecule has 0 radical (unpaired) electrons. The maximum absolute atomic E-state index is 12.5. The molecule has 21 heavy (non-hydrogen) atoms. The van der Waals surface area contributed by atoms with E-state index in [-0.39, 0.29) is 17.0 Å². The van der Waals surface area contributed by atoms with Crippen LogP contribution in [0.5, 0.6) is 0 Å². The molecule has 0 saturated heterocycles. The summed E-state index contributed by atoms with van der Waals surface area (Å²) in [5.74, 6) is 0.123. The number of pyridine rings is 1. The van der Waals surface area contributed by atoms with E-state index in [1.165, 1.54) is 6.20 Å². The van der Waals surface area contributed by atoms with E-state index in [9.17, 15) is 8.42 Å². The van der Waals surface area contributed by atoms with Gasteiger partial charge in [0.25, 0.3) is 10.0 Å². The predicted octanol–water partition coefficient (Wildman–Crippen LogP) is 1.85. The van der Waals surface area contributed by atoms with E-state index >= 15 is 0 Å². The maximum Gasteiger partial charge on any atom is 0.260 e. The molecule has 0 aliphatic carbocycles. The molecule has 120 valence electrons. The first-order valence-corrected chi connectivity index (χ1v) is 8.69. The van der Waals surface area contributed by atoms with Gasteiger partial charge in [0.2, 0.25) is 0 Å². The van der Waals surface area contributed by atoms with E-state index in [2.05, 4.69) is 15.0 Å². The summed E-state index contributed by atoms with van der Waals surface area (Å²) < 4.78 is 33.1. The second kappa shape index (κ2) is 8.31. The Labute approximate surface area is 127 Å². The fourth-order valence-corrected chi connectivity index (χ4v) is 3.27. The zero-order valence-corrected chi connectivity index (χ0v) is 13.9. The minimum absolute atomic E-state index is 0.0222. The van der Waals surface area contributed by atoms with Gasteiger partial charge in [-0.25, -0.2) is 18.1 Å². The van der Waals surface area contributed by atoms with E-state index in [0.29, 0.717) is 25.4 Å². The Morgan fingerprint density at radius 3 is 2.62 bits per heavy atom. The Bertz CT molecular complexity index is 532. The Morgan fingerprint density at radius 2 is 2.05 bits per heavy atom. The minimum Gasteiger partial charge on any atom is -0.383 e. The Hall–Kier alpha value is -1.18. The molecule has 1 heterocycles. The van der Waals surface area contributed by atoms with Crippen molar-refractivity contribution >= 4 is 15.7 Å². The average Bonchev–Trinajstić information content (AvgIpc) is 2.44. The molecule has 2 N–H and O–H groups in total. The first-order chi connectivity index (χ1) is 9.92. The third-order valence-corrected chi connectivity index (χ3v) is 4.45. The van der Waals surface area contributed by atoms with Crippen LogP contribution in [0.2, 0.25) is 0 Å². The third-order valence-electron chi connectivity index (χ3n) is 3.01. The number of nitrogens with zero attached hydrogens (tertiary/aromatic N) is 1. The lowest BCUT2D eigenvalue weighted by molar-refractivity contribution is 0.116. The summed E-state index contributed by atoms with van der Waals surface area (Å²) in [6, 6.07) is 3.13. The van der Waals surface area contributed by atoms with E-state index in [1.807, 2.05) is 27.7 Å². The van der Waals surface area contributed by atoms with Crippen LogP contribution in [-0.2, 0) is 14.8 Å². The van der Waals surface area contributed by atoms with E-state index in [0.717, 1.165) is 0 Å². The van der Waals surface area contributed by atoms with E-state index in [4.69, 9.17) is 4.74 Å². The fourth-order valence-electron chi connectivity index (χ4n) is 1.79. The molecule has 0 aliphatic heterocycles. The summed E-state index contributed by atoms with van der Waals surface area (Å²) in [5, 5.41) is 3.04. The number of aromatic nitrogens is 1. The number of rotatable bonds is 9. The zero-order chi connectivity index (χ0) is 15.9. The Kier molecular flexibility index (Phi) is 7.07. The molecule has 0 spiro atoms. The average molecular weight is 315 g/mol. The molecule has 7 heteroatoms. The third kappa shape index (κ3) is 5.26. The highest BCUT2D eigenvalue weighted by Gasteiger charge is 2.25. The highest BCUT2D eigenvalue weighted by molar-refractivity contribution is 7.89. The predicted molar refractivity (Wildman–Crippen MR) is 83.8 cm³/mol. The van der Waals surface area contributed by atoms with Crippen molar-refractivity contribution in [1.29, 1.82) is 0 Å². The zero-order valence-electron chi connectivity index (χ0n) is 13.1. The van der Waals surface area contributed by atoms with Gasteiger partial charge in [0, 0.05) is 25.4 Å². The molecule has 0 aliphatic rings. The summed E-state index contributed by atoms with van der Waals surface area (Å²) in [6.07, 6.45) is 1.47. The summed E-state index contributed by atoms with van der Waals surface area (Å²) in [6.45, 7) is 9.22. The summed E-state index contributed by atoms with van der Waals surface area (Å²) in [7, 11) is -3.69. The van der Waals surface area contributed by atoms with Crippen molar-refractivity contribution in [2.75, 3.05) is 25.1 Å². The molecule has 0 fully saturated rings. The first-order valence-electron chi connectivity index (χ1n) is 7.21. The molecule has 1 atom stereocenters. The molecule has 0 aromatic carbocycles. The van der Waals surface area contributed by atoms with Gasteiger partial charge >= 0.3 is 0 Å². The molecular weight excluding hydrogens is 290 g/mol. The number of hydrogen-bond acceptors (Lipinski definition) is 5. The van der Waals surface area contributed by atoms with Gasteiger partial charge in [-0.05, 0) is 31.9 Å². The van der Waals surface area contributed by atoms with Gasteiger partial charge in [-0.3, -0.25) is 0 Å². The maximum atomic E-state index is 12.5. The van der Waals surface area contributed by atoms with Gasteiger partial charge in [-0.15, -0.1) is 0 Å². The molecule has 1 aromatic heterocycles. The first kappa shape index (κ1) is 17.9. The number of ether oxygens (including phenoxy) is 1. The highest BCUT2D eigenvalue weighted by Crippen LogP contribution is 2.19. The molecule has 0 saturated carbocycles. The van der Waals surface area contributed by atoms with Crippen molar-refractivity contribution in [1.82, 2.24) is 9.71 Å². The number of anilines is 1. The monoisotopic (exact) mass is 315 g/mol. The van der Waals surface area contributed by atoms with Crippen molar-refractivity contribution in [3.05, 3.63) is 18.3 Å². The number of sulfonamides is 1. The van der Waals surface area contributed by atoms with Gasteiger partial charge in [0.05, 0.1) is 12.3 Å². The van der Waals surface area contributed by atoms with Crippen LogP contribution in [0.3, 0.4) is 0 Å². The van der Waals surface area contributed by atoms with Gasteiger partial charge in [0.1, 0.15) is 0 Å². The highest BCUT2D eigenvalue weighted by atomic mass is 32.2. The fraction of sp³-hybridized carbons (Fsp3) is 0.643. The standard InChI is InChI=1S/C14H25N3O3S/c1-5-15-12-8-7-9-16-14(12)21(18,19)17-13(11(3)4)10-20-6-2/h7-9,11,13,15,17H,5-6,10H2,1-4H3. The van der Waals surface area contributed by atoms with Gasteiger partial charge in [-0.1, -0.05) is 13.8 Å². The smallest absolute Gasteiger partial charge is 0.260 e. The second-order valence-corrected chi connectivity index (χ2v) is 6.65.